The summed E-state index contributed by atoms with van der Waals surface area (Å²) in [6.45, 7) is -0.299. The van der Waals surface area contributed by atoms with E-state index in [4.69, 9.17) is 14.2 Å². The molecule has 0 unspecified atom stereocenters. The second kappa shape index (κ2) is 9.35. The van der Waals surface area contributed by atoms with Crippen molar-refractivity contribution >= 4 is 43.9 Å². The Kier molecular flexibility index (Phi) is 7.16. The van der Waals surface area contributed by atoms with Crippen molar-refractivity contribution in [2.24, 2.45) is 0 Å². The maximum Gasteiger partial charge on any atom is 0.349 e. The van der Waals surface area contributed by atoms with Crippen LogP contribution in [0.3, 0.4) is 0 Å². The van der Waals surface area contributed by atoms with E-state index < -0.39 is 10.9 Å². The molecule has 0 saturated heterocycles. The number of hydrogen-bond donors (Lipinski definition) is 0. The first kappa shape index (κ1) is 19.9. The van der Waals surface area contributed by atoms with Crippen molar-refractivity contribution in [3.8, 4) is 17.2 Å². The first-order valence-electron chi connectivity index (χ1n) is 7.17. The Morgan fingerprint density at radius 3 is 2.54 bits per heavy atom. The van der Waals surface area contributed by atoms with Crippen LogP contribution in [0.4, 0.5) is 0 Å². The fourth-order valence-electron chi connectivity index (χ4n) is 1.90. The average Bonchev–Trinajstić information content (AvgIpc) is 2.60. The number of ether oxygens (including phenoxy) is 3. The van der Waals surface area contributed by atoms with Gasteiger partial charge in [-0.25, -0.2) is 4.79 Å². The van der Waals surface area contributed by atoms with Crippen LogP contribution in [0.1, 0.15) is 5.56 Å². The summed E-state index contributed by atoms with van der Waals surface area (Å²) < 4.78 is 17.4. The number of rotatable bonds is 7. The van der Waals surface area contributed by atoms with Gasteiger partial charge in [-0.2, -0.15) is 0 Å². The van der Waals surface area contributed by atoms with Gasteiger partial charge in [0.05, 0.1) is 16.5 Å². The zero-order valence-electron chi connectivity index (χ0n) is 13.5. The molecule has 0 N–H and O–H groups in total. The summed E-state index contributed by atoms with van der Waals surface area (Å²) in [5.74, 6) is 0.340. The molecule has 0 bridgehead atoms. The third-order valence-electron chi connectivity index (χ3n) is 3.04. The molecule has 9 heteroatoms. The van der Waals surface area contributed by atoms with Crippen molar-refractivity contribution in [3.63, 3.8) is 0 Å². The lowest BCUT2D eigenvalue weighted by Gasteiger charge is -2.11. The van der Waals surface area contributed by atoms with E-state index in [0.717, 1.165) is 10.7 Å². The minimum absolute atomic E-state index is 0.189. The number of benzene rings is 2. The Bertz CT molecular complexity index is 853. The molecule has 0 aliphatic heterocycles. The molecular weight excluding hydrogens is 474 g/mol. The highest BCUT2D eigenvalue weighted by Crippen LogP contribution is 2.30. The predicted octanol–water partition coefficient (Wildman–Crippen LogP) is 4.45. The van der Waals surface area contributed by atoms with Gasteiger partial charge in [-0.3, -0.25) is 10.1 Å². The molecule has 0 spiro atoms. The van der Waals surface area contributed by atoms with Crippen molar-refractivity contribution in [1.29, 1.82) is 0 Å². The van der Waals surface area contributed by atoms with Crippen LogP contribution < -0.4 is 14.2 Å². The Labute approximate surface area is 166 Å². The van der Waals surface area contributed by atoms with E-state index in [1.165, 1.54) is 25.3 Å². The Hall–Kier alpha value is -2.39. The molecule has 0 radical (unpaired) electrons. The molecule has 0 aliphatic carbocycles. The van der Waals surface area contributed by atoms with Crippen LogP contribution in [-0.4, -0.2) is 24.6 Å². The number of nitro groups is 1. The lowest BCUT2D eigenvalue weighted by molar-refractivity contribution is -0.400. The van der Waals surface area contributed by atoms with Crippen LogP contribution in [0, 0.1) is 10.1 Å². The standard InChI is InChI=1S/C17H13Br2NO6/c1-24-16-8-11(6-7-20(22)23)2-4-15(16)26-17(21)10-25-14-5-3-12(18)9-13(14)19/h2-9H,10H2,1H3/b7-6+. The lowest BCUT2D eigenvalue weighted by Crippen LogP contribution is -2.18. The van der Waals surface area contributed by atoms with E-state index in [2.05, 4.69) is 31.9 Å². The third-order valence-corrected chi connectivity index (χ3v) is 4.15. The summed E-state index contributed by atoms with van der Waals surface area (Å²) in [7, 11) is 1.41. The van der Waals surface area contributed by atoms with Crippen LogP contribution in [0.2, 0.25) is 0 Å². The van der Waals surface area contributed by atoms with Crippen molar-refractivity contribution < 1.29 is 23.9 Å². The average molecular weight is 487 g/mol. The van der Waals surface area contributed by atoms with Gasteiger partial charge < -0.3 is 14.2 Å². The zero-order valence-corrected chi connectivity index (χ0v) is 16.7. The molecule has 2 rings (SSSR count). The second-order valence-corrected chi connectivity index (χ2v) is 6.62. The van der Waals surface area contributed by atoms with Gasteiger partial charge in [-0.15, -0.1) is 0 Å². The molecule has 7 nitrogen and oxygen atoms in total. The Morgan fingerprint density at radius 2 is 1.88 bits per heavy atom. The number of nitrogens with zero attached hydrogens (tertiary/aromatic N) is 1. The third kappa shape index (κ3) is 5.85. The van der Waals surface area contributed by atoms with Crippen molar-refractivity contribution in [3.05, 3.63) is 67.2 Å². The molecule has 136 valence electrons. The summed E-state index contributed by atoms with van der Waals surface area (Å²) in [5, 5.41) is 10.4. The number of esters is 1. The molecule has 0 fully saturated rings. The van der Waals surface area contributed by atoms with E-state index in [1.807, 2.05) is 0 Å². The topological polar surface area (TPSA) is 87.9 Å². The Balaban J connectivity index is 2.02. The predicted molar refractivity (Wildman–Crippen MR) is 102 cm³/mol. The second-order valence-electron chi connectivity index (χ2n) is 4.85. The summed E-state index contributed by atoms with van der Waals surface area (Å²) in [6.07, 6.45) is 2.12. The van der Waals surface area contributed by atoms with Gasteiger partial charge in [0.1, 0.15) is 5.75 Å². The Morgan fingerprint density at radius 1 is 1.15 bits per heavy atom. The van der Waals surface area contributed by atoms with Gasteiger partial charge in [0.2, 0.25) is 6.20 Å². The smallest absolute Gasteiger partial charge is 0.349 e. The molecule has 0 saturated carbocycles. The maximum absolute atomic E-state index is 12.0. The van der Waals surface area contributed by atoms with Crippen molar-refractivity contribution in [1.82, 2.24) is 0 Å². The van der Waals surface area contributed by atoms with Crippen LogP contribution >= 0.6 is 31.9 Å². The van der Waals surface area contributed by atoms with Crippen LogP contribution in [-0.2, 0) is 4.79 Å². The highest BCUT2D eigenvalue weighted by atomic mass is 79.9. The first-order valence-corrected chi connectivity index (χ1v) is 8.76. The zero-order chi connectivity index (χ0) is 19.1. The molecule has 0 amide bonds. The fraction of sp³-hybridized carbons (Fsp3) is 0.118. The SMILES string of the molecule is COc1cc(/C=C/[N+](=O)[O-])ccc1OC(=O)COc1ccc(Br)cc1Br. The van der Waals surface area contributed by atoms with Crippen LogP contribution in [0.25, 0.3) is 6.08 Å². The van der Waals surface area contributed by atoms with Gasteiger partial charge in [0.15, 0.2) is 18.1 Å². The monoisotopic (exact) mass is 485 g/mol. The molecule has 0 atom stereocenters. The number of halogens is 2. The molecular formula is C17H13Br2NO6. The molecule has 0 aliphatic rings. The van der Waals surface area contributed by atoms with Gasteiger partial charge in [-0.05, 0) is 51.8 Å². The molecule has 0 aromatic heterocycles. The minimum Gasteiger partial charge on any atom is -0.493 e. The highest BCUT2D eigenvalue weighted by molar-refractivity contribution is 9.11. The largest absolute Gasteiger partial charge is 0.493 e. The van der Waals surface area contributed by atoms with Crippen LogP contribution in [0.5, 0.6) is 17.2 Å². The quantitative estimate of drug-likeness (QED) is 0.248. The molecule has 2 aromatic carbocycles. The summed E-state index contributed by atoms with van der Waals surface area (Å²) in [5.41, 5.74) is 0.536. The van der Waals surface area contributed by atoms with Gasteiger partial charge in [0.25, 0.3) is 0 Å². The van der Waals surface area contributed by atoms with Crippen molar-refractivity contribution in [2.45, 2.75) is 0 Å². The maximum atomic E-state index is 12.0. The molecule has 0 heterocycles. The van der Waals surface area contributed by atoms with E-state index in [1.54, 1.807) is 24.3 Å². The fourth-order valence-corrected chi connectivity index (χ4v) is 3.06. The number of hydrogen-bond acceptors (Lipinski definition) is 6. The normalized spacial score (nSPS) is 10.6. The summed E-state index contributed by atoms with van der Waals surface area (Å²) >= 11 is 6.67. The van der Waals surface area contributed by atoms with E-state index >= 15 is 0 Å². The van der Waals surface area contributed by atoms with E-state index in [9.17, 15) is 14.9 Å². The summed E-state index contributed by atoms with van der Waals surface area (Å²) in [4.78, 5) is 21.8. The highest BCUT2D eigenvalue weighted by Gasteiger charge is 2.12. The minimum atomic E-state index is -0.619. The van der Waals surface area contributed by atoms with Crippen LogP contribution in [0.15, 0.2) is 51.5 Å². The van der Waals surface area contributed by atoms with Gasteiger partial charge >= 0.3 is 5.97 Å². The van der Waals surface area contributed by atoms with Gasteiger partial charge in [-0.1, -0.05) is 22.0 Å². The van der Waals surface area contributed by atoms with Crippen molar-refractivity contribution in [2.75, 3.05) is 13.7 Å². The summed E-state index contributed by atoms with van der Waals surface area (Å²) in [6, 6.07) is 9.86. The van der Waals surface area contributed by atoms with E-state index in [-0.39, 0.29) is 18.1 Å². The number of carbonyl (C=O) groups is 1. The van der Waals surface area contributed by atoms with Gasteiger partial charge in [0, 0.05) is 10.5 Å². The number of carbonyl (C=O) groups excluding carboxylic acids is 1. The molecule has 26 heavy (non-hydrogen) atoms. The first-order chi connectivity index (χ1) is 12.4. The molecule has 2 aromatic rings. The van der Waals surface area contributed by atoms with E-state index in [0.29, 0.717) is 15.8 Å². The lowest BCUT2D eigenvalue weighted by atomic mass is 10.2. The number of methoxy groups -OCH3 is 1.